The Hall–Kier alpha value is -3.43. The van der Waals surface area contributed by atoms with Crippen molar-refractivity contribution in [1.29, 1.82) is 0 Å². The van der Waals surface area contributed by atoms with Crippen LogP contribution in [-0.2, 0) is 10.1 Å². The standard InChI is InChI=1S/C22H23N5O3S/c1-4-14(2)18(13-24-3)19-10-9-15(12-25-19)26-27-20-11-21(31(28,29)30)16-7-5-6-8-17(16)22(20)23/h5-14H,3-4,23H2,1-2H3,(H,28,29,30)/b18-13+,27-26?. The summed E-state index contributed by atoms with van der Waals surface area (Å²) in [6.45, 7) is 7.68. The lowest BCUT2D eigenvalue weighted by Crippen LogP contribution is -2.01. The number of nitrogens with zero attached hydrogens (tertiary/aromatic N) is 4. The molecule has 0 fully saturated rings. The van der Waals surface area contributed by atoms with E-state index in [2.05, 4.69) is 40.8 Å². The van der Waals surface area contributed by atoms with Crippen molar-refractivity contribution in [3.8, 4) is 0 Å². The summed E-state index contributed by atoms with van der Waals surface area (Å²) in [5.41, 5.74) is 8.75. The number of hydrogen-bond donors (Lipinski definition) is 2. The van der Waals surface area contributed by atoms with E-state index in [1.165, 1.54) is 6.07 Å². The van der Waals surface area contributed by atoms with Gasteiger partial charge in [-0.3, -0.25) is 14.5 Å². The highest BCUT2D eigenvalue weighted by Gasteiger charge is 2.18. The van der Waals surface area contributed by atoms with Gasteiger partial charge in [-0.15, -0.1) is 10.2 Å². The number of nitrogen functional groups attached to an aromatic ring is 1. The molecule has 1 atom stereocenters. The van der Waals surface area contributed by atoms with Crippen LogP contribution in [0.4, 0.5) is 17.1 Å². The number of nitrogens with two attached hydrogens (primary N) is 1. The highest BCUT2D eigenvalue weighted by atomic mass is 32.2. The number of hydrogen-bond acceptors (Lipinski definition) is 7. The van der Waals surface area contributed by atoms with Crippen LogP contribution in [0.2, 0.25) is 0 Å². The second kappa shape index (κ2) is 9.15. The lowest BCUT2D eigenvalue weighted by atomic mass is 9.96. The van der Waals surface area contributed by atoms with Crippen LogP contribution < -0.4 is 5.73 Å². The van der Waals surface area contributed by atoms with Crippen molar-refractivity contribution in [1.82, 2.24) is 4.98 Å². The van der Waals surface area contributed by atoms with Crippen LogP contribution in [0.25, 0.3) is 16.3 Å². The second-order valence-corrected chi connectivity index (χ2v) is 8.40. The molecule has 160 valence electrons. The Labute approximate surface area is 181 Å². The van der Waals surface area contributed by atoms with Crippen molar-refractivity contribution < 1.29 is 13.0 Å². The predicted octanol–water partition coefficient (Wildman–Crippen LogP) is 5.57. The van der Waals surface area contributed by atoms with E-state index >= 15 is 0 Å². The number of benzene rings is 2. The van der Waals surface area contributed by atoms with E-state index < -0.39 is 10.1 Å². The zero-order valence-electron chi connectivity index (χ0n) is 17.2. The summed E-state index contributed by atoms with van der Waals surface area (Å²) in [4.78, 5) is 8.02. The molecule has 0 aliphatic heterocycles. The van der Waals surface area contributed by atoms with E-state index in [-0.39, 0.29) is 22.2 Å². The summed E-state index contributed by atoms with van der Waals surface area (Å²) >= 11 is 0. The largest absolute Gasteiger partial charge is 0.396 e. The van der Waals surface area contributed by atoms with Gasteiger partial charge in [0.05, 0.1) is 17.6 Å². The molecule has 8 nitrogen and oxygen atoms in total. The maximum absolute atomic E-state index is 11.8. The second-order valence-electron chi connectivity index (χ2n) is 7.01. The number of pyridine rings is 1. The van der Waals surface area contributed by atoms with Gasteiger partial charge in [-0.25, -0.2) is 0 Å². The summed E-state index contributed by atoms with van der Waals surface area (Å²) in [6, 6.07) is 11.4. The molecule has 1 heterocycles. The van der Waals surface area contributed by atoms with Crippen molar-refractivity contribution >= 4 is 50.2 Å². The highest BCUT2D eigenvalue weighted by Crippen LogP contribution is 2.36. The van der Waals surface area contributed by atoms with Gasteiger partial charge in [0.25, 0.3) is 10.1 Å². The maximum atomic E-state index is 11.8. The molecule has 9 heteroatoms. The fourth-order valence-corrected chi connectivity index (χ4v) is 3.85. The first-order valence-electron chi connectivity index (χ1n) is 9.59. The molecule has 0 spiro atoms. The molecule has 0 aliphatic rings. The van der Waals surface area contributed by atoms with Crippen molar-refractivity contribution in [2.75, 3.05) is 5.73 Å². The zero-order chi connectivity index (χ0) is 22.6. The molecule has 0 aliphatic carbocycles. The van der Waals surface area contributed by atoms with Crippen molar-refractivity contribution in [2.45, 2.75) is 25.2 Å². The van der Waals surface area contributed by atoms with E-state index in [1.54, 1.807) is 42.7 Å². The molecule has 3 aromatic rings. The van der Waals surface area contributed by atoms with Crippen molar-refractivity contribution in [3.63, 3.8) is 0 Å². The minimum Gasteiger partial charge on any atom is -0.396 e. The van der Waals surface area contributed by atoms with Crippen LogP contribution >= 0.6 is 0 Å². The molecule has 0 saturated heterocycles. The monoisotopic (exact) mass is 437 g/mol. The Bertz CT molecular complexity index is 1280. The van der Waals surface area contributed by atoms with Crippen LogP contribution in [0.1, 0.15) is 26.0 Å². The molecule has 2 aromatic carbocycles. The SMILES string of the molecule is C=N/C=C(/c1ccc(N=Nc2cc(S(=O)(=O)O)c3ccccc3c2N)cn1)C(C)CC. The highest BCUT2D eigenvalue weighted by molar-refractivity contribution is 7.86. The number of aromatic nitrogens is 1. The lowest BCUT2D eigenvalue weighted by Gasteiger charge is -2.12. The first-order chi connectivity index (χ1) is 14.8. The molecule has 1 unspecified atom stereocenters. The smallest absolute Gasteiger partial charge is 0.295 e. The summed E-state index contributed by atoms with van der Waals surface area (Å²) < 4.78 is 33.3. The molecule has 0 bridgehead atoms. The minimum absolute atomic E-state index is 0.131. The average Bonchev–Trinajstić information content (AvgIpc) is 2.76. The number of fused-ring (bicyclic) bond motifs is 1. The van der Waals surface area contributed by atoms with Crippen LogP contribution in [0.15, 0.2) is 75.0 Å². The Kier molecular flexibility index (Phi) is 6.57. The Balaban J connectivity index is 2.00. The molecule has 3 N–H and O–H groups in total. The number of azo groups is 1. The third kappa shape index (κ3) is 4.84. The third-order valence-corrected chi connectivity index (χ3v) is 5.89. The molecule has 3 rings (SSSR count). The lowest BCUT2D eigenvalue weighted by molar-refractivity contribution is 0.484. The van der Waals surface area contributed by atoms with Gasteiger partial charge in [-0.05, 0) is 42.8 Å². The summed E-state index contributed by atoms with van der Waals surface area (Å²) in [7, 11) is -4.47. The molecule has 1 aromatic heterocycles. The first-order valence-corrected chi connectivity index (χ1v) is 11.0. The van der Waals surface area contributed by atoms with Gasteiger partial charge >= 0.3 is 0 Å². The number of aliphatic imine (C=N–C) groups is 1. The van der Waals surface area contributed by atoms with Crippen molar-refractivity contribution in [2.24, 2.45) is 21.1 Å². The molecular formula is C22H23N5O3S. The Morgan fingerprint density at radius 1 is 1.23 bits per heavy atom. The van der Waals surface area contributed by atoms with E-state index in [0.717, 1.165) is 17.7 Å². The van der Waals surface area contributed by atoms with E-state index in [0.29, 0.717) is 16.5 Å². The van der Waals surface area contributed by atoms with Crippen LogP contribution in [0.3, 0.4) is 0 Å². The van der Waals surface area contributed by atoms with Gasteiger partial charge in [0.2, 0.25) is 0 Å². The Morgan fingerprint density at radius 2 is 1.94 bits per heavy atom. The molecule has 0 amide bonds. The first kappa shape index (κ1) is 22.3. The number of allylic oxidation sites excluding steroid dienone is 1. The summed E-state index contributed by atoms with van der Waals surface area (Å²) in [5.74, 6) is 0.265. The van der Waals surface area contributed by atoms with Gasteiger partial charge in [0.15, 0.2) is 0 Å². The van der Waals surface area contributed by atoms with E-state index in [1.807, 2.05) is 6.07 Å². The Morgan fingerprint density at radius 3 is 2.52 bits per heavy atom. The zero-order valence-corrected chi connectivity index (χ0v) is 18.0. The average molecular weight is 438 g/mol. The van der Waals surface area contributed by atoms with Crippen LogP contribution in [0, 0.1) is 5.92 Å². The maximum Gasteiger partial charge on any atom is 0.295 e. The van der Waals surface area contributed by atoms with Gasteiger partial charge in [-0.2, -0.15) is 8.42 Å². The fourth-order valence-electron chi connectivity index (χ4n) is 3.14. The normalized spacial score (nSPS) is 13.6. The van der Waals surface area contributed by atoms with Gasteiger partial charge in [0.1, 0.15) is 16.3 Å². The molecule has 0 radical (unpaired) electrons. The number of anilines is 1. The van der Waals surface area contributed by atoms with Gasteiger partial charge < -0.3 is 5.73 Å². The molecule has 31 heavy (non-hydrogen) atoms. The summed E-state index contributed by atoms with van der Waals surface area (Å²) in [5, 5.41) is 9.00. The third-order valence-electron chi connectivity index (χ3n) is 4.99. The number of rotatable bonds is 7. The molecule has 0 saturated carbocycles. The quantitative estimate of drug-likeness (QED) is 0.216. The minimum atomic E-state index is -4.47. The van der Waals surface area contributed by atoms with Crippen LogP contribution in [0.5, 0.6) is 0 Å². The molecular weight excluding hydrogens is 414 g/mol. The van der Waals surface area contributed by atoms with Crippen LogP contribution in [-0.4, -0.2) is 24.7 Å². The summed E-state index contributed by atoms with van der Waals surface area (Å²) in [6.07, 6.45) is 4.19. The fraction of sp³-hybridized carbons (Fsp3) is 0.182. The predicted molar refractivity (Wildman–Crippen MR) is 124 cm³/mol. The topological polar surface area (TPSA) is 130 Å². The van der Waals surface area contributed by atoms with Gasteiger partial charge in [0, 0.05) is 17.0 Å². The van der Waals surface area contributed by atoms with Crippen molar-refractivity contribution in [3.05, 3.63) is 60.6 Å². The van der Waals surface area contributed by atoms with E-state index in [9.17, 15) is 13.0 Å². The van der Waals surface area contributed by atoms with E-state index in [4.69, 9.17) is 5.73 Å². The van der Waals surface area contributed by atoms with Gasteiger partial charge in [-0.1, -0.05) is 38.1 Å².